The maximum atomic E-state index is 11.3. The molecule has 0 saturated carbocycles. The molecule has 18 heavy (non-hydrogen) atoms. The largest absolute Gasteiger partial charge is 0.394 e. The molecule has 5 atom stereocenters. The standard InChI is InChI=1S/C9H18BO7P/c1-14-3-4-15-8-7(17-18(2,12)13)6(5-11)16-9(8)10/h6-9,11H,3-5H2,1-2H3,(H,12,13)/t6-,7+,8?,9-/m1/s1. The number of aliphatic hydroxyl groups excluding tert-OH is 1. The van der Waals surface area contributed by atoms with Crippen molar-refractivity contribution in [2.24, 2.45) is 0 Å². The Morgan fingerprint density at radius 2 is 2.06 bits per heavy atom. The summed E-state index contributed by atoms with van der Waals surface area (Å²) in [5.41, 5.74) is 0. The maximum Gasteiger partial charge on any atom is 0.325 e. The molecule has 0 aromatic heterocycles. The van der Waals surface area contributed by atoms with Gasteiger partial charge in [-0.15, -0.1) is 0 Å². The van der Waals surface area contributed by atoms with E-state index in [1.807, 2.05) is 0 Å². The number of hydrogen-bond donors (Lipinski definition) is 2. The van der Waals surface area contributed by atoms with E-state index >= 15 is 0 Å². The lowest BCUT2D eigenvalue weighted by molar-refractivity contribution is -0.0341. The van der Waals surface area contributed by atoms with Gasteiger partial charge in [0, 0.05) is 19.8 Å². The Balaban J connectivity index is 2.67. The lowest BCUT2D eigenvalue weighted by Gasteiger charge is -2.24. The Labute approximate surface area is 107 Å². The minimum atomic E-state index is -3.73. The molecule has 0 aromatic rings. The molecule has 2 unspecified atom stereocenters. The number of hydrogen-bond acceptors (Lipinski definition) is 6. The molecule has 0 amide bonds. The number of rotatable bonds is 7. The fourth-order valence-electron chi connectivity index (χ4n) is 1.71. The highest BCUT2D eigenvalue weighted by atomic mass is 31.2. The molecule has 2 N–H and O–H groups in total. The molecule has 104 valence electrons. The molecule has 0 aromatic carbocycles. The van der Waals surface area contributed by atoms with Crippen LogP contribution in [0.2, 0.25) is 0 Å². The summed E-state index contributed by atoms with van der Waals surface area (Å²) in [5.74, 6) is 0. The topological polar surface area (TPSA) is 94.5 Å². The SMILES string of the molecule is [B][C@@H]1O[C@H](CO)[C@H](OP(C)(=O)O)C1OCCOC. The molecular weight excluding hydrogens is 262 g/mol. The quantitative estimate of drug-likeness (QED) is 0.354. The van der Waals surface area contributed by atoms with Gasteiger partial charge < -0.3 is 24.2 Å². The summed E-state index contributed by atoms with van der Waals surface area (Å²) in [6.07, 6.45) is -2.40. The van der Waals surface area contributed by atoms with E-state index in [9.17, 15) is 9.46 Å². The minimum absolute atomic E-state index is 0.246. The lowest BCUT2D eigenvalue weighted by Crippen LogP contribution is -2.38. The van der Waals surface area contributed by atoms with Crippen LogP contribution in [0.1, 0.15) is 0 Å². The summed E-state index contributed by atoms with van der Waals surface area (Å²) >= 11 is 0. The average molecular weight is 280 g/mol. The van der Waals surface area contributed by atoms with Crippen molar-refractivity contribution in [1.82, 2.24) is 0 Å². The van der Waals surface area contributed by atoms with Crippen molar-refractivity contribution in [3.8, 4) is 0 Å². The van der Waals surface area contributed by atoms with Crippen molar-refractivity contribution >= 4 is 15.4 Å². The van der Waals surface area contributed by atoms with E-state index in [0.29, 0.717) is 6.61 Å². The predicted octanol–water partition coefficient (Wildman–Crippen LogP) is -0.896. The molecule has 1 aliphatic heterocycles. The van der Waals surface area contributed by atoms with E-state index in [1.165, 1.54) is 7.11 Å². The van der Waals surface area contributed by atoms with Crippen LogP contribution in [-0.4, -0.2) is 75.8 Å². The summed E-state index contributed by atoms with van der Waals surface area (Å²) in [6.45, 7) is 1.28. The zero-order valence-corrected chi connectivity index (χ0v) is 11.3. The third kappa shape index (κ3) is 4.62. The van der Waals surface area contributed by atoms with Crippen LogP contribution in [0.25, 0.3) is 0 Å². The molecule has 0 spiro atoms. The van der Waals surface area contributed by atoms with Gasteiger partial charge >= 0.3 is 7.60 Å². The Hall–Kier alpha value is 0.0549. The van der Waals surface area contributed by atoms with Gasteiger partial charge in [-0.1, -0.05) is 0 Å². The molecule has 9 heteroatoms. The number of ether oxygens (including phenoxy) is 3. The fraction of sp³-hybridized carbons (Fsp3) is 1.00. The van der Waals surface area contributed by atoms with Crippen molar-refractivity contribution < 1.29 is 33.3 Å². The predicted molar refractivity (Wildman–Crippen MR) is 63.7 cm³/mol. The molecule has 7 nitrogen and oxygen atoms in total. The van der Waals surface area contributed by atoms with Crippen molar-refractivity contribution in [3.05, 3.63) is 0 Å². The second-order valence-electron chi connectivity index (χ2n) is 4.02. The Kier molecular flexibility index (Phi) is 6.27. The normalized spacial score (nSPS) is 35.6. The zero-order valence-electron chi connectivity index (χ0n) is 10.4. The van der Waals surface area contributed by atoms with Crippen LogP contribution < -0.4 is 0 Å². The van der Waals surface area contributed by atoms with E-state index in [-0.39, 0.29) is 13.2 Å². The summed E-state index contributed by atoms with van der Waals surface area (Å²) < 4.78 is 31.7. The fourth-order valence-corrected chi connectivity index (χ4v) is 2.42. The van der Waals surface area contributed by atoms with E-state index in [1.54, 1.807) is 0 Å². The zero-order chi connectivity index (χ0) is 13.8. The summed E-state index contributed by atoms with van der Waals surface area (Å²) in [6, 6.07) is -0.824. The van der Waals surface area contributed by atoms with E-state index in [4.69, 9.17) is 31.7 Å². The molecule has 1 aliphatic rings. The van der Waals surface area contributed by atoms with Crippen LogP contribution in [0.3, 0.4) is 0 Å². The highest BCUT2D eigenvalue weighted by Gasteiger charge is 2.45. The monoisotopic (exact) mass is 280 g/mol. The van der Waals surface area contributed by atoms with Gasteiger partial charge in [0.1, 0.15) is 26.2 Å². The molecule has 2 radical (unpaired) electrons. The van der Waals surface area contributed by atoms with E-state index in [2.05, 4.69) is 0 Å². The Morgan fingerprint density at radius 1 is 1.39 bits per heavy atom. The smallest absolute Gasteiger partial charge is 0.325 e. The van der Waals surface area contributed by atoms with E-state index < -0.39 is 31.9 Å². The van der Waals surface area contributed by atoms with Gasteiger partial charge in [-0.3, -0.25) is 9.09 Å². The van der Waals surface area contributed by atoms with Crippen molar-refractivity contribution in [2.75, 3.05) is 33.6 Å². The lowest BCUT2D eigenvalue weighted by atomic mass is 9.93. The van der Waals surface area contributed by atoms with Crippen LogP contribution in [0, 0.1) is 0 Å². The first-order valence-corrected chi connectivity index (χ1v) is 7.52. The molecule has 1 heterocycles. The number of methoxy groups -OCH3 is 1. The van der Waals surface area contributed by atoms with Crippen LogP contribution >= 0.6 is 7.60 Å². The van der Waals surface area contributed by atoms with Crippen LogP contribution in [-0.2, 0) is 23.3 Å². The third-order valence-electron chi connectivity index (χ3n) is 2.44. The van der Waals surface area contributed by atoms with Crippen LogP contribution in [0.5, 0.6) is 0 Å². The van der Waals surface area contributed by atoms with Crippen LogP contribution in [0.15, 0.2) is 0 Å². The minimum Gasteiger partial charge on any atom is -0.394 e. The highest BCUT2D eigenvalue weighted by molar-refractivity contribution is 7.51. The van der Waals surface area contributed by atoms with Gasteiger partial charge in [0.05, 0.1) is 19.8 Å². The highest BCUT2D eigenvalue weighted by Crippen LogP contribution is 2.42. The van der Waals surface area contributed by atoms with Gasteiger partial charge in [0.15, 0.2) is 0 Å². The van der Waals surface area contributed by atoms with Crippen molar-refractivity contribution in [3.63, 3.8) is 0 Å². The molecule has 0 aliphatic carbocycles. The van der Waals surface area contributed by atoms with Gasteiger partial charge in [0.25, 0.3) is 0 Å². The number of aliphatic hydroxyl groups is 1. The third-order valence-corrected chi connectivity index (χ3v) is 3.08. The average Bonchev–Trinajstić information content (AvgIpc) is 2.54. The Bertz CT molecular complexity index is 297. The Morgan fingerprint density at radius 3 is 2.56 bits per heavy atom. The first-order chi connectivity index (χ1) is 8.39. The van der Waals surface area contributed by atoms with Crippen molar-refractivity contribution in [2.45, 2.75) is 24.3 Å². The van der Waals surface area contributed by atoms with Crippen molar-refractivity contribution in [1.29, 1.82) is 0 Å². The first kappa shape index (κ1) is 16.1. The molecule has 0 bridgehead atoms. The van der Waals surface area contributed by atoms with Gasteiger partial charge in [-0.25, -0.2) is 0 Å². The van der Waals surface area contributed by atoms with Gasteiger partial charge in [-0.2, -0.15) is 0 Å². The molecule has 1 saturated heterocycles. The summed E-state index contributed by atoms with van der Waals surface area (Å²) in [4.78, 5) is 9.24. The summed E-state index contributed by atoms with van der Waals surface area (Å²) in [7, 11) is 3.48. The van der Waals surface area contributed by atoms with Crippen LogP contribution in [0.4, 0.5) is 0 Å². The first-order valence-electron chi connectivity index (χ1n) is 5.50. The maximum absolute atomic E-state index is 11.3. The second-order valence-corrected chi connectivity index (χ2v) is 5.84. The molecular formula is C9H18BO7P. The molecule has 1 fully saturated rings. The van der Waals surface area contributed by atoms with Gasteiger partial charge in [0.2, 0.25) is 0 Å². The summed E-state index contributed by atoms with van der Waals surface area (Å²) in [5, 5.41) is 9.13. The van der Waals surface area contributed by atoms with Gasteiger partial charge in [-0.05, 0) is 0 Å². The second kappa shape index (κ2) is 7.00. The van der Waals surface area contributed by atoms with E-state index in [0.717, 1.165) is 6.66 Å². The molecule has 1 rings (SSSR count).